The van der Waals surface area contributed by atoms with Crippen molar-refractivity contribution < 1.29 is 43.7 Å². The molecule has 0 radical (unpaired) electrons. The Kier molecular flexibility index (Phi) is 7.87. The van der Waals surface area contributed by atoms with Gasteiger partial charge in [-0.3, -0.25) is 18.5 Å². The monoisotopic (exact) mass is 698 g/mol. The molecule has 0 fully saturated rings. The molecule has 0 bridgehead atoms. The van der Waals surface area contributed by atoms with Crippen LogP contribution < -0.4 is 30.1 Å². The number of para-hydroxylation sites is 2. The molecular weight excluding hydrogens is 677 g/mol. The topological polar surface area (TPSA) is 226 Å². The van der Waals surface area contributed by atoms with Crippen LogP contribution in [0.3, 0.4) is 0 Å². The summed E-state index contributed by atoms with van der Waals surface area (Å²) in [7, 11) is -13.0. The lowest BCUT2D eigenvalue weighted by Crippen LogP contribution is -2.42. The van der Waals surface area contributed by atoms with Gasteiger partial charge in [-0.05, 0) is 68.4 Å². The van der Waals surface area contributed by atoms with Gasteiger partial charge < -0.3 is 0 Å². The van der Waals surface area contributed by atoms with Crippen molar-refractivity contribution in [2.24, 2.45) is 0 Å². The highest BCUT2D eigenvalue weighted by Gasteiger charge is 2.38. The van der Waals surface area contributed by atoms with E-state index in [4.69, 9.17) is 9.05 Å². The van der Waals surface area contributed by atoms with E-state index < -0.39 is 51.2 Å². The second-order valence-corrected chi connectivity index (χ2v) is 14.8. The molecule has 0 aliphatic carbocycles. The largest absolute Gasteiger partial charge is 0.449 e. The first kappa shape index (κ1) is 31.2. The van der Waals surface area contributed by atoms with Crippen LogP contribution in [-0.4, -0.2) is 35.8 Å². The van der Waals surface area contributed by atoms with Crippen LogP contribution in [0.15, 0.2) is 148 Å². The van der Waals surface area contributed by atoms with Crippen LogP contribution in [0.1, 0.15) is 0 Å². The van der Waals surface area contributed by atoms with E-state index in [1.807, 2.05) is 0 Å². The van der Waals surface area contributed by atoms with Gasteiger partial charge in [-0.25, -0.2) is 18.0 Å². The van der Waals surface area contributed by atoms with Gasteiger partial charge in [-0.1, -0.05) is 36.4 Å². The molecule has 0 spiro atoms. The second kappa shape index (κ2) is 11.9. The third kappa shape index (κ3) is 6.09. The lowest BCUT2D eigenvalue weighted by atomic mass is 10.3. The molecule has 16 nitrogen and oxygen atoms in total. The van der Waals surface area contributed by atoms with Crippen molar-refractivity contribution in [1.29, 1.82) is 0 Å². The molecule has 2 aromatic heterocycles. The van der Waals surface area contributed by atoms with E-state index >= 15 is 0 Å². The summed E-state index contributed by atoms with van der Waals surface area (Å²) in [4.78, 5) is 24.3. The van der Waals surface area contributed by atoms with Crippen molar-refractivity contribution >= 4 is 41.3 Å². The summed E-state index contributed by atoms with van der Waals surface area (Å²) in [6, 6.07) is 25.5. The molecule has 0 saturated carbocycles. The number of anilines is 2. The van der Waals surface area contributed by atoms with Crippen LogP contribution in [0.4, 0.5) is 11.4 Å². The zero-order valence-corrected chi connectivity index (χ0v) is 26.0. The Morgan fingerprint density at radius 1 is 0.489 bits per heavy atom. The minimum atomic E-state index is -4.43. The molecule has 240 valence electrons. The summed E-state index contributed by atoms with van der Waals surface area (Å²) in [6.07, 6.45) is 0. The van der Waals surface area contributed by atoms with Gasteiger partial charge in [-0.2, -0.15) is 16.8 Å². The van der Waals surface area contributed by atoms with Gasteiger partial charge in [0.2, 0.25) is 21.2 Å². The molecule has 6 aromatic rings. The Hall–Kier alpha value is -5.79. The highest BCUT2D eigenvalue weighted by Crippen LogP contribution is 2.22. The third-order valence-electron chi connectivity index (χ3n) is 6.59. The third-order valence-corrected chi connectivity index (χ3v) is 11.1. The van der Waals surface area contributed by atoms with E-state index in [0.29, 0.717) is 0 Å². The fourth-order valence-corrected chi connectivity index (χ4v) is 8.07. The molecule has 6 rings (SSSR count). The van der Waals surface area contributed by atoms with Crippen molar-refractivity contribution in [3.8, 4) is 11.4 Å². The molecule has 0 aliphatic heterocycles. The van der Waals surface area contributed by atoms with Gasteiger partial charge >= 0.3 is 41.3 Å². The van der Waals surface area contributed by atoms with Crippen molar-refractivity contribution in [2.75, 3.05) is 9.44 Å². The Bertz CT molecular complexity index is 2350. The number of aromatic nitrogens is 4. The fraction of sp³-hybridized carbons (Fsp3) is 0. The average molecular weight is 699 g/mol. The van der Waals surface area contributed by atoms with E-state index in [0.717, 1.165) is 9.36 Å². The predicted molar refractivity (Wildman–Crippen MR) is 162 cm³/mol. The molecule has 47 heavy (non-hydrogen) atoms. The smallest absolute Gasteiger partial charge is 0.281 e. The van der Waals surface area contributed by atoms with Gasteiger partial charge in [0.25, 0.3) is 0 Å². The van der Waals surface area contributed by atoms with Crippen LogP contribution >= 0.6 is 0 Å². The first-order valence-corrected chi connectivity index (χ1v) is 17.7. The molecule has 4 aromatic carbocycles. The summed E-state index contributed by atoms with van der Waals surface area (Å²) in [5, 5.41) is 2.85. The van der Waals surface area contributed by atoms with Gasteiger partial charge in [-0.15, -0.1) is 0 Å². The molecule has 0 saturated heterocycles. The molecule has 4 N–H and O–H groups in total. The van der Waals surface area contributed by atoms with Crippen molar-refractivity contribution in [3.05, 3.63) is 130 Å². The standard InChI is InChI=1S/C28H20N6O10S3/c35-27-25(46(39,40)29-19-7-3-1-4-8-19)33(31-43-27)21-11-15-23(16-12-21)45(37,38)24-17-13-22(14-18-24)34-26(28(36)44-32-34)47(41,42)30-20-9-5-2-6-10-20/h1-18,29-30H/p+2. The van der Waals surface area contributed by atoms with Crippen molar-refractivity contribution in [1.82, 2.24) is 10.5 Å². The van der Waals surface area contributed by atoms with E-state index in [-0.39, 0.29) is 32.5 Å². The maximum atomic E-state index is 13.4. The highest BCUT2D eigenvalue weighted by molar-refractivity contribution is 7.92. The number of benzene rings is 4. The Balaban J connectivity index is 1.27. The van der Waals surface area contributed by atoms with Crippen molar-refractivity contribution in [3.63, 3.8) is 0 Å². The maximum Gasteiger partial charge on any atom is 0.449 e. The fourth-order valence-electron chi connectivity index (χ4n) is 4.43. The number of hydrogen-bond acceptors (Lipinski definition) is 10. The van der Waals surface area contributed by atoms with E-state index in [9.17, 15) is 34.8 Å². The number of nitrogens with zero attached hydrogens (tertiary/aromatic N) is 2. The summed E-state index contributed by atoms with van der Waals surface area (Å²) in [5.74, 6) is 0. The Morgan fingerprint density at radius 2 is 0.830 bits per heavy atom. The first-order chi connectivity index (χ1) is 22.4. The number of H-pyrrole nitrogens is 2. The summed E-state index contributed by atoms with van der Waals surface area (Å²) in [6.45, 7) is 0. The van der Waals surface area contributed by atoms with Gasteiger partial charge in [0, 0.05) is 35.6 Å². The lowest BCUT2D eigenvalue weighted by molar-refractivity contribution is -0.705. The van der Waals surface area contributed by atoms with E-state index in [1.54, 1.807) is 36.4 Å². The number of aromatic amines is 2. The lowest BCUT2D eigenvalue weighted by Gasteiger charge is -2.05. The van der Waals surface area contributed by atoms with Gasteiger partial charge in [0.1, 0.15) is 0 Å². The molecule has 2 heterocycles. The van der Waals surface area contributed by atoms with Crippen molar-refractivity contribution in [2.45, 2.75) is 19.8 Å². The molecule has 0 unspecified atom stereocenters. The van der Waals surface area contributed by atoms with Gasteiger partial charge in [0.15, 0.2) is 0 Å². The zero-order valence-electron chi connectivity index (χ0n) is 23.6. The summed E-state index contributed by atoms with van der Waals surface area (Å²) >= 11 is 0. The maximum absolute atomic E-state index is 13.4. The summed E-state index contributed by atoms with van der Waals surface area (Å²) < 4.78 is 94.6. The number of hydrogen-bond donors (Lipinski definition) is 4. The van der Waals surface area contributed by atoms with E-state index in [2.05, 4.69) is 20.0 Å². The number of rotatable bonds is 10. The van der Waals surface area contributed by atoms with Crippen LogP contribution in [0.2, 0.25) is 0 Å². The minimum absolute atomic E-state index is 0.0664. The average Bonchev–Trinajstić information content (AvgIpc) is 3.65. The molecule has 0 atom stereocenters. The quantitative estimate of drug-likeness (QED) is 0.150. The predicted octanol–water partition coefficient (Wildman–Crippen LogP) is 1.24. The molecule has 0 amide bonds. The zero-order chi connectivity index (χ0) is 33.4. The van der Waals surface area contributed by atoms with Crippen LogP contribution in [0.25, 0.3) is 11.4 Å². The molecule has 0 aliphatic rings. The minimum Gasteiger partial charge on any atom is -0.281 e. The van der Waals surface area contributed by atoms with Gasteiger partial charge in [0.05, 0.1) is 9.79 Å². The summed E-state index contributed by atoms with van der Waals surface area (Å²) in [5.41, 5.74) is -1.84. The normalized spacial score (nSPS) is 12.1. The second-order valence-electron chi connectivity index (χ2n) is 9.68. The van der Waals surface area contributed by atoms with Crippen LogP contribution in [-0.2, 0) is 29.9 Å². The Labute approximate surface area is 265 Å². The number of nitrogens with one attached hydrogen (secondary N) is 4. The molecule has 19 heteroatoms. The SMILES string of the molecule is O=c1o[nH][n+](-c2ccc(S(=O)(=O)c3ccc(-[n+]4[nH]oc(=O)c4S(=O)(=O)Nc4ccccc4)cc3)cc2)c1S(=O)(=O)Nc1ccccc1. The number of sulfonamides is 2. The van der Waals surface area contributed by atoms with Crippen LogP contribution in [0.5, 0.6) is 0 Å². The van der Waals surface area contributed by atoms with E-state index in [1.165, 1.54) is 72.8 Å². The van der Waals surface area contributed by atoms with Crippen LogP contribution in [0, 0.1) is 0 Å². The highest BCUT2D eigenvalue weighted by atomic mass is 32.2. The molecular formula is C28H22N6O10S3+2. The Morgan fingerprint density at radius 3 is 1.17 bits per heavy atom. The first-order valence-electron chi connectivity index (χ1n) is 13.3. The number of sulfone groups is 1.